The minimum Gasteiger partial charge on any atom is -0.438 e. The molecule has 2 aromatic carbocycles. The van der Waals surface area contributed by atoms with E-state index in [0.29, 0.717) is 15.9 Å². The molecule has 0 unspecified atom stereocenters. The molecule has 4 rings (SSSR count). The van der Waals surface area contributed by atoms with Gasteiger partial charge in [0.05, 0.1) is 4.90 Å². The second-order valence-corrected chi connectivity index (χ2v) is 9.89. The average molecular weight is 522 g/mol. The maximum absolute atomic E-state index is 13.2. The molecule has 0 amide bonds. The summed E-state index contributed by atoms with van der Waals surface area (Å²) in [7, 11) is -4.18. The third-order valence-corrected chi connectivity index (χ3v) is 6.98. The zero-order valence-electron chi connectivity index (χ0n) is 17.3. The summed E-state index contributed by atoms with van der Waals surface area (Å²) in [5.74, 6) is 0.311. The number of hydrogen-bond acceptors (Lipinski definition) is 6. The van der Waals surface area contributed by atoms with Crippen LogP contribution in [0.15, 0.2) is 92.0 Å². The van der Waals surface area contributed by atoms with Gasteiger partial charge in [0.25, 0.3) is 5.56 Å². The number of ether oxygens (including phenoxy) is 1. The minimum absolute atomic E-state index is 0.0756. The van der Waals surface area contributed by atoms with E-state index in [-0.39, 0.29) is 16.3 Å². The second kappa shape index (κ2) is 9.02. The number of benzene rings is 2. The molecule has 0 fully saturated rings. The van der Waals surface area contributed by atoms with Gasteiger partial charge in [0.1, 0.15) is 27.9 Å². The quantitative estimate of drug-likeness (QED) is 0.346. The molecular formula is C24H16BrN3O4S. The summed E-state index contributed by atoms with van der Waals surface area (Å²) < 4.78 is 34.0. The molecule has 0 bridgehead atoms. The van der Waals surface area contributed by atoms with E-state index in [1.165, 1.54) is 22.7 Å². The molecule has 9 heteroatoms. The lowest BCUT2D eigenvalue weighted by molar-refractivity contribution is 0.461. The number of fused-ring (bicyclic) bond motifs is 1. The summed E-state index contributed by atoms with van der Waals surface area (Å²) in [6.07, 6.45) is 2.52. The lowest BCUT2D eigenvalue weighted by Gasteiger charge is -2.11. The molecule has 0 N–H and O–H groups in total. The van der Waals surface area contributed by atoms with Gasteiger partial charge >= 0.3 is 0 Å². The average Bonchev–Trinajstić information content (AvgIpc) is 2.80. The number of allylic oxidation sites excluding steroid dienone is 1. The minimum atomic E-state index is -4.18. The number of nitriles is 1. The first-order valence-electron chi connectivity index (χ1n) is 9.68. The molecule has 33 heavy (non-hydrogen) atoms. The van der Waals surface area contributed by atoms with Crippen molar-refractivity contribution in [3.05, 3.63) is 104 Å². The lowest BCUT2D eigenvalue weighted by atomic mass is 10.2. The van der Waals surface area contributed by atoms with Crippen molar-refractivity contribution in [2.75, 3.05) is 0 Å². The van der Waals surface area contributed by atoms with Gasteiger partial charge in [0.15, 0.2) is 0 Å². The number of rotatable bonds is 5. The highest BCUT2D eigenvalue weighted by molar-refractivity contribution is 9.10. The van der Waals surface area contributed by atoms with Crippen LogP contribution in [0.5, 0.6) is 11.6 Å². The van der Waals surface area contributed by atoms with Gasteiger partial charge in [-0.3, -0.25) is 9.20 Å². The van der Waals surface area contributed by atoms with Crippen LogP contribution in [-0.2, 0) is 9.84 Å². The molecule has 164 valence electrons. The third-order valence-electron chi connectivity index (χ3n) is 4.77. The van der Waals surface area contributed by atoms with E-state index in [0.717, 1.165) is 11.6 Å². The number of pyridine rings is 1. The molecular weight excluding hydrogens is 506 g/mol. The Morgan fingerprint density at radius 3 is 2.45 bits per heavy atom. The first-order chi connectivity index (χ1) is 15.8. The van der Waals surface area contributed by atoms with Gasteiger partial charge in [-0.1, -0.05) is 39.7 Å². The molecule has 0 aliphatic heterocycles. The first-order valence-corrected chi connectivity index (χ1v) is 12.0. The smallest absolute Gasteiger partial charge is 0.269 e. The Kier molecular flexibility index (Phi) is 6.14. The van der Waals surface area contributed by atoms with Gasteiger partial charge in [-0.2, -0.15) is 10.2 Å². The third kappa shape index (κ3) is 4.58. The Hall–Kier alpha value is -3.74. The van der Waals surface area contributed by atoms with Gasteiger partial charge in [-0.15, -0.1) is 0 Å². The molecule has 4 aromatic rings. The van der Waals surface area contributed by atoms with Crippen LogP contribution in [0.2, 0.25) is 0 Å². The molecule has 0 aliphatic rings. The van der Waals surface area contributed by atoms with Crippen LogP contribution in [0.25, 0.3) is 11.7 Å². The molecule has 0 saturated heterocycles. The van der Waals surface area contributed by atoms with E-state index < -0.39 is 20.3 Å². The highest BCUT2D eigenvalue weighted by Crippen LogP contribution is 2.27. The summed E-state index contributed by atoms with van der Waals surface area (Å²) in [6.45, 7) is 1.92. The van der Waals surface area contributed by atoms with E-state index in [9.17, 15) is 18.5 Å². The van der Waals surface area contributed by atoms with Crippen LogP contribution in [0, 0.1) is 18.3 Å². The molecule has 7 nitrogen and oxygen atoms in total. The van der Waals surface area contributed by atoms with Gasteiger partial charge in [-0.25, -0.2) is 8.42 Å². The fourth-order valence-corrected chi connectivity index (χ4v) is 4.45. The summed E-state index contributed by atoms with van der Waals surface area (Å²) >= 11 is 3.25. The fraction of sp³-hybridized carbons (Fsp3) is 0.0417. The van der Waals surface area contributed by atoms with Crippen LogP contribution in [0.1, 0.15) is 11.1 Å². The van der Waals surface area contributed by atoms with Crippen molar-refractivity contribution in [3.63, 3.8) is 0 Å². The Morgan fingerprint density at radius 2 is 1.79 bits per heavy atom. The number of nitrogens with zero attached hydrogens (tertiary/aromatic N) is 3. The lowest BCUT2D eigenvalue weighted by Crippen LogP contribution is -2.19. The van der Waals surface area contributed by atoms with Crippen molar-refractivity contribution in [3.8, 4) is 17.7 Å². The van der Waals surface area contributed by atoms with Crippen LogP contribution in [0.3, 0.4) is 0 Å². The van der Waals surface area contributed by atoms with Gasteiger partial charge in [0.2, 0.25) is 15.7 Å². The number of sulfone groups is 1. The molecule has 0 saturated carbocycles. The second-order valence-electron chi connectivity index (χ2n) is 7.06. The Balaban J connectivity index is 1.92. The Morgan fingerprint density at radius 1 is 1.09 bits per heavy atom. The van der Waals surface area contributed by atoms with Crippen LogP contribution < -0.4 is 10.3 Å². The first kappa shape index (κ1) is 22.5. The fourth-order valence-electron chi connectivity index (χ4n) is 3.04. The zero-order chi connectivity index (χ0) is 23.6. The number of hydrogen-bond donors (Lipinski definition) is 0. The van der Waals surface area contributed by atoms with Crippen molar-refractivity contribution in [2.45, 2.75) is 11.8 Å². The van der Waals surface area contributed by atoms with Crippen molar-refractivity contribution in [1.29, 1.82) is 5.26 Å². The topological polar surface area (TPSA) is 102 Å². The molecule has 0 radical (unpaired) electrons. The van der Waals surface area contributed by atoms with Crippen LogP contribution >= 0.6 is 15.9 Å². The van der Waals surface area contributed by atoms with Crippen molar-refractivity contribution in [2.24, 2.45) is 0 Å². The normalized spacial score (nSPS) is 11.8. The van der Waals surface area contributed by atoms with Crippen LogP contribution in [-0.4, -0.2) is 17.8 Å². The van der Waals surface area contributed by atoms with Crippen molar-refractivity contribution in [1.82, 2.24) is 9.38 Å². The summed E-state index contributed by atoms with van der Waals surface area (Å²) in [5.41, 5.74) is 0.607. The predicted octanol–water partition coefficient (Wildman–Crippen LogP) is 4.90. The molecule has 0 atom stereocenters. The van der Waals surface area contributed by atoms with Crippen LogP contribution in [0.4, 0.5) is 0 Å². The molecule has 2 heterocycles. The van der Waals surface area contributed by atoms with Gasteiger partial charge in [0, 0.05) is 10.7 Å². The molecule has 0 spiro atoms. The van der Waals surface area contributed by atoms with E-state index >= 15 is 0 Å². The summed E-state index contributed by atoms with van der Waals surface area (Å²) in [4.78, 5) is 17.0. The van der Waals surface area contributed by atoms with Crippen molar-refractivity contribution >= 4 is 37.5 Å². The Bertz CT molecular complexity index is 1580. The van der Waals surface area contributed by atoms with E-state index in [1.807, 2.05) is 19.1 Å². The highest BCUT2D eigenvalue weighted by Gasteiger charge is 2.23. The van der Waals surface area contributed by atoms with E-state index in [4.69, 9.17) is 4.74 Å². The SMILES string of the molecule is Cc1ccc(Oc2nc3ccccn3c(=O)c2/C=C(\C#N)S(=O)(=O)c2ccc(Br)cc2)cc1. The van der Waals surface area contributed by atoms with Crippen molar-refractivity contribution < 1.29 is 13.2 Å². The zero-order valence-corrected chi connectivity index (χ0v) is 19.7. The Labute approximate surface area is 198 Å². The van der Waals surface area contributed by atoms with Gasteiger partial charge in [-0.05, 0) is 61.5 Å². The highest BCUT2D eigenvalue weighted by atomic mass is 79.9. The van der Waals surface area contributed by atoms with Gasteiger partial charge < -0.3 is 4.74 Å². The molecule has 2 aromatic heterocycles. The number of aryl methyl sites for hydroxylation is 1. The predicted molar refractivity (Wildman–Crippen MR) is 128 cm³/mol. The maximum Gasteiger partial charge on any atom is 0.269 e. The summed E-state index contributed by atoms with van der Waals surface area (Å²) in [5, 5.41) is 9.68. The molecule has 0 aliphatic carbocycles. The van der Waals surface area contributed by atoms with E-state index in [2.05, 4.69) is 20.9 Å². The standard InChI is InChI=1S/C24H16BrN3O4S/c1-16-5-9-18(10-6-16)32-23-21(24(29)28-13-3-2-4-22(28)27-23)14-20(15-26)33(30,31)19-11-7-17(25)8-12-19/h2-14H,1H3/b20-14+. The largest absolute Gasteiger partial charge is 0.438 e. The summed E-state index contributed by atoms with van der Waals surface area (Å²) in [6, 6.07) is 19.6. The van der Waals surface area contributed by atoms with E-state index in [1.54, 1.807) is 48.5 Å². The monoisotopic (exact) mass is 521 g/mol. The number of halogens is 1. The number of aromatic nitrogens is 2. The maximum atomic E-state index is 13.2.